The van der Waals surface area contributed by atoms with Gasteiger partial charge in [-0.15, -0.1) is 0 Å². The summed E-state index contributed by atoms with van der Waals surface area (Å²) in [5.41, 5.74) is 0. The molecule has 4 heteroatoms. The van der Waals surface area contributed by atoms with Crippen LogP contribution in [0.3, 0.4) is 0 Å². The summed E-state index contributed by atoms with van der Waals surface area (Å²) in [5, 5.41) is 6.60. The molecule has 0 radical (unpaired) electrons. The van der Waals surface area contributed by atoms with Crippen molar-refractivity contribution in [3.8, 4) is 0 Å². The molecular formula is C15H32N4. The lowest BCUT2D eigenvalue weighted by Gasteiger charge is -2.35. The Hall–Kier alpha value is -0.770. The number of rotatable bonds is 7. The van der Waals surface area contributed by atoms with Crippen LogP contribution in [0.2, 0.25) is 0 Å². The van der Waals surface area contributed by atoms with Crippen LogP contribution in [0.5, 0.6) is 0 Å². The molecule has 4 nitrogen and oxygen atoms in total. The number of hydrogen-bond donors (Lipinski definition) is 2. The first-order valence-corrected chi connectivity index (χ1v) is 8.08. The number of piperidine rings is 1. The minimum Gasteiger partial charge on any atom is -0.357 e. The molecule has 1 fully saturated rings. The first kappa shape index (κ1) is 16.3. The van der Waals surface area contributed by atoms with Gasteiger partial charge in [0.15, 0.2) is 5.96 Å². The second kappa shape index (κ2) is 10.1. The number of nitrogens with one attached hydrogen (secondary N) is 2. The molecule has 0 aromatic rings. The molecule has 1 saturated heterocycles. The van der Waals surface area contributed by atoms with Crippen LogP contribution >= 0.6 is 0 Å². The summed E-state index contributed by atoms with van der Waals surface area (Å²) in [6.07, 6.45) is 6.62. The summed E-state index contributed by atoms with van der Waals surface area (Å²) in [7, 11) is 0. The summed E-state index contributed by atoms with van der Waals surface area (Å²) in [6, 6.07) is 0.646. The zero-order valence-corrected chi connectivity index (χ0v) is 13.0. The van der Waals surface area contributed by atoms with Crippen molar-refractivity contribution in [1.29, 1.82) is 0 Å². The molecule has 0 saturated carbocycles. The largest absolute Gasteiger partial charge is 0.357 e. The highest BCUT2D eigenvalue weighted by atomic mass is 15.2. The van der Waals surface area contributed by atoms with Gasteiger partial charge in [-0.05, 0) is 46.2 Å². The van der Waals surface area contributed by atoms with Crippen LogP contribution in [0.15, 0.2) is 4.99 Å². The van der Waals surface area contributed by atoms with Gasteiger partial charge >= 0.3 is 0 Å². The maximum atomic E-state index is 4.74. The predicted octanol–water partition coefficient (Wildman–Crippen LogP) is 2.22. The number of unbranched alkanes of at least 4 members (excludes halogenated alkanes) is 1. The van der Waals surface area contributed by atoms with Crippen molar-refractivity contribution in [1.82, 2.24) is 15.5 Å². The van der Waals surface area contributed by atoms with E-state index in [1.807, 2.05) is 0 Å². The second-order valence-corrected chi connectivity index (χ2v) is 5.29. The van der Waals surface area contributed by atoms with Crippen LogP contribution < -0.4 is 10.6 Å². The van der Waals surface area contributed by atoms with Crippen LogP contribution in [0.1, 0.15) is 52.9 Å². The molecule has 0 aromatic carbocycles. The average molecular weight is 268 g/mol. The van der Waals surface area contributed by atoms with E-state index in [1.165, 1.54) is 45.2 Å². The van der Waals surface area contributed by atoms with Crippen molar-refractivity contribution >= 4 is 5.96 Å². The molecule has 0 spiro atoms. The molecular weight excluding hydrogens is 236 g/mol. The number of nitrogens with zero attached hydrogens (tertiary/aromatic N) is 2. The Balaban J connectivity index is 2.47. The van der Waals surface area contributed by atoms with E-state index < -0.39 is 0 Å². The topological polar surface area (TPSA) is 39.7 Å². The zero-order chi connectivity index (χ0) is 13.9. The van der Waals surface area contributed by atoms with E-state index in [0.29, 0.717) is 6.04 Å². The molecule has 0 bridgehead atoms. The van der Waals surface area contributed by atoms with Crippen molar-refractivity contribution in [2.24, 2.45) is 4.99 Å². The summed E-state index contributed by atoms with van der Waals surface area (Å²) in [6.45, 7) is 11.8. The summed E-state index contributed by atoms with van der Waals surface area (Å²) < 4.78 is 0. The summed E-state index contributed by atoms with van der Waals surface area (Å²) >= 11 is 0. The summed E-state index contributed by atoms with van der Waals surface area (Å²) in [4.78, 5) is 7.38. The molecule has 0 aromatic heterocycles. The third-order valence-electron chi connectivity index (χ3n) is 3.70. The van der Waals surface area contributed by atoms with Gasteiger partial charge in [0.05, 0.1) is 6.54 Å². The SMILES string of the molecule is CCCCN1CCCCC1CN=C(NCC)NCC. The molecule has 0 amide bonds. The average Bonchev–Trinajstić information content (AvgIpc) is 2.44. The molecule has 112 valence electrons. The number of guanidine groups is 1. The Bertz CT molecular complexity index is 245. The molecule has 1 aliphatic rings. The van der Waals surface area contributed by atoms with Crippen LogP contribution in [0.4, 0.5) is 0 Å². The van der Waals surface area contributed by atoms with Gasteiger partial charge in [0.25, 0.3) is 0 Å². The first-order chi connectivity index (χ1) is 9.31. The van der Waals surface area contributed by atoms with E-state index in [4.69, 9.17) is 4.99 Å². The Labute approximate surface area is 119 Å². The van der Waals surface area contributed by atoms with Gasteiger partial charge < -0.3 is 10.6 Å². The quantitative estimate of drug-likeness (QED) is 0.549. The lowest BCUT2D eigenvalue weighted by atomic mass is 10.0. The van der Waals surface area contributed by atoms with Crippen molar-refractivity contribution in [3.63, 3.8) is 0 Å². The number of aliphatic imine (C=N–C) groups is 1. The van der Waals surface area contributed by atoms with E-state index in [0.717, 1.165) is 25.6 Å². The Morgan fingerprint density at radius 2 is 1.89 bits per heavy atom. The van der Waals surface area contributed by atoms with Crippen molar-refractivity contribution in [2.75, 3.05) is 32.7 Å². The molecule has 1 unspecified atom stereocenters. The maximum absolute atomic E-state index is 4.74. The third kappa shape index (κ3) is 6.28. The minimum absolute atomic E-state index is 0.646. The Morgan fingerprint density at radius 3 is 2.53 bits per heavy atom. The van der Waals surface area contributed by atoms with Gasteiger partial charge in [-0.1, -0.05) is 19.8 Å². The monoisotopic (exact) mass is 268 g/mol. The lowest BCUT2D eigenvalue weighted by Crippen LogP contribution is -2.43. The third-order valence-corrected chi connectivity index (χ3v) is 3.70. The van der Waals surface area contributed by atoms with Crippen LogP contribution in [0.25, 0.3) is 0 Å². The summed E-state index contributed by atoms with van der Waals surface area (Å²) in [5.74, 6) is 0.964. The highest BCUT2D eigenvalue weighted by Crippen LogP contribution is 2.17. The molecule has 0 aliphatic carbocycles. The van der Waals surface area contributed by atoms with Gasteiger partial charge in [-0.2, -0.15) is 0 Å². The van der Waals surface area contributed by atoms with Crippen LogP contribution in [-0.4, -0.2) is 49.6 Å². The van der Waals surface area contributed by atoms with Gasteiger partial charge in [0.2, 0.25) is 0 Å². The Morgan fingerprint density at radius 1 is 1.16 bits per heavy atom. The molecule has 1 heterocycles. The second-order valence-electron chi connectivity index (χ2n) is 5.29. The van der Waals surface area contributed by atoms with Crippen LogP contribution in [-0.2, 0) is 0 Å². The minimum atomic E-state index is 0.646. The van der Waals surface area contributed by atoms with E-state index in [1.54, 1.807) is 0 Å². The molecule has 2 N–H and O–H groups in total. The van der Waals surface area contributed by atoms with E-state index in [9.17, 15) is 0 Å². The lowest BCUT2D eigenvalue weighted by molar-refractivity contribution is 0.151. The van der Waals surface area contributed by atoms with E-state index >= 15 is 0 Å². The molecule has 1 rings (SSSR count). The zero-order valence-electron chi connectivity index (χ0n) is 13.0. The fraction of sp³-hybridized carbons (Fsp3) is 0.933. The smallest absolute Gasteiger partial charge is 0.191 e. The van der Waals surface area contributed by atoms with Gasteiger partial charge in [-0.25, -0.2) is 0 Å². The first-order valence-electron chi connectivity index (χ1n) is 8.08. The highest BCUT2D eigenvalue weighted by molar-refractivity contribution is 5.79. The predicted molar refractivity (Wildman–Crippen MR) is 83.8 cm³/mol. The maximum Gasteiger partial charge on any atom is 0.191 e. The molecule has 1 atom stereocenters. The van der Waals surface area contributed by atoms with Gasteiger partial charge in [0.1, 0.15) is 0 Å². The fourth-order valence-electron chi connectivity index (χ4n) is 2.63. The molecule has 19 heavy (non-hydrogen) atoms. The fourth-order valence-corrected chi connectivity index (χ4v) is 2.63. The van der Waals surface area contributed by atoms with Crippen molar-refractivity contribution < 1.29 is 0 Å². The van der Waals surface area contributed by atoms with E-state index in [2.05, 4.69) is 36.3 Å². The Kier molecular flexibility index (Phi) is 8.63. The van der Waals surface area contributed by atoms with Crippen molar-refractivity contribution in [3.05, 3.63) is 0 Å². The highest BCUT2D eigenvalue weighted by Gasteiger charge is 2.21. The normalized spacial score (nSPS) is 20.1. The number of likely N-dealkylation sites (tertiary alicyclic amines) is 1. The van der Waals surface area contributed by atoms with E-state index in [-0.39, 0.29) is 0 Å². The molecule has 1 aliphatic heterocycles. The number of hydrogen-bond acceptors (Lipinski definition) is 2. The van der Waals surface area contributed by atoms with Gasteiger partial charge in [0, 0.05) is 19.1 Å². The standard InChI is InChI=1S/C15H32N4/c1-4-7-11-19-12-9-8-10-14(19)13-18-15(16-5-2)17-6-3/h14H,4-13H2,1-3H3,(H2,16,17,18). The van der Waals surface area contributed by atoms with Gasteiger partial charge in [-0.3, -0.25) is 9.89 Å². The van der Waals surface area contributed by atoms with Crippen LogP contribution in [0, 0.1) is 0 Å². The van der Waals surface area contributed by atoms with Crippen molar-refractivity contribution in [2.45, 2.75) is 58.9 Å².